The molecular weight excluding hydrogens is 344 g/mol. The minimum absolute atomic E-state index is 0. The van der Waals surface area contributed by atoms with E-state index in [-0.39, 0.29) is 18.3 Å². The summed E-state index contributed by atoms with van der Waals surface area (Å²) >= 11 is 0. The van der Waals surface area contributed by atoms with Crippen molar-refractivity contribution in [3.8, 4) is 5.69 Å². The first-order chi connectivity index (χ1) is 11.7. The second-order valence-electron chi connectivity index (χ2n) is 5.67. The Kier molecular flexibility index (Phi) is 4.77. The summed E-state index contributed by atoms with van der Waals surface area (Å²) in [4.78, 5) is 12.6. The third kappa shape index (κ3) is 3.24. The molecule has 0 radical (unpaired) electrons. The zero-order chi connectivity index (χ0) is 16.5. The highest BCUT2D eigenvalue weighted by atomic mass is 35.5. The van der Waals surface area contributed by atoms with Gasteiger partial charge in [-0.1, -0.05) is 6.07 Å². The SMILES string of the molecule is Cc1ccc(NC(=O)c2n[nH]c3c2CNCC3)cc1-n1cnnn1.Cl. The molecule has 130 valence electrons. The second kappa shape index (κ2) is 6.99. The van der Waals surface area contributed by atoms with E-state index in [4.69, 9.17) is 0 Å². The van der Waals surface area contributed by atoms with Gasteiger partial charge in [0.15, 0.2) is 5.69 Å². The van der Waals surface area contributed by atoms with Crippen molar-refractivity contribution >= 4 is 24.0 Å². The number of hydrogen-bond acceptors (Lipinski definition) is 6. The number of tetrazole rings is 1. The number of carbonyl (C=O) groups is 1. The summed E-state index contributed by atoms with van der Waals surface area (Å²) in [5.74, 6) is -0.234. The van der Waals surface area contributed by atoms with E-state index in [2.05, 4.69) is 36.4 Å². The fourth-order valence-electron chi connectivity index (χ4n) is 2.81. The number of nitrogens with one attached hydrogen (secondary N) is 3. The molecule has 1 amide bonds. The van der Waals surface area contributed by atoms with E-state index in [1.807, 2.05) is 25.1 Å². The van der Waals surface area contributed by atoms with Crippen molar-refractivity contribution < 1.29 is 4.79 Å². The molecule has 10 heteroatoms. The molecule has 1 aliphatic heterocycles. The van der Waals surface area contributed by atoms with Gasteiger partial charge in [0, 0.05) is 36.5 Å². The lowest BCUT2D eigenvalue weighted by atomic mass is 10.1. The molecule has 0 spiro atoms. The smallest absolute Gasteiger partial charge is 0.276 e. The molecule has 0 unspecified atom stereocenters. The molecule has 2 aromatic heterocycles. The number of H-pyrrole nitrogens is 1. The van der Waals surface area contributed by atoms with Gasteiger partial charge < -0.3 is 10.6 Å². The number of rotatable bonds is 3. The number of fused-ring (bicyclic) bond motifs is 1. The average molecular weight is 361 g/mol. The largest absolute Gasteiger partial charge is 0.321 e. The molecule has 4 rings (SSSR count). The lowest BCUT2D eigenvalue weighted by Gasteiger charge is -2.13. The number of aryl methyl sites for hydroxylation is 1. The van der Waals surface area contributed by atoms with Gasteiger partial charge in [-0.25, -0.2) is 4.68 Å². The number of benzene rings is 1. The van der Waals surface area contributed by atoms with Crippen LogP contribution in [0.15, 0.2) is 24.5 Å². The van der Waals surface area contributed by atoms with Crippen molar-refractivity contribution in [3.05, 3.63) is 47.0 Å². The Bertz CT molecular complexity index is 889. The molecule has 25 heavy (non-hydrogen) atoms. The zero-order valence-electron chi connectivity index (χ0n) is 13.5. The number of aromatic nitrogens is 6. The van der Waals surface area contributed by atoms with Crippen molar-refractivity contribution in [2.45, 2.75) is 19.9 Å². The molecule has 0 fully saturated rings. The second-order valence-corrected chi connectivity index (χ2v) is 5.67. The quantitative estimate of drug-likeness (QED) is 0.642. The number of amides is 1. The van der Waals surface area contributed by atoms with Crippen LogP contribution in [0.5, 0.6) is 0 Å². The van der Waals surface area contributed by atoms with Gasteiger partial charge in [0.05, 0.1) is 5.69 Å². The topological polar surface area (TPSA) is 113 Å². The van der Waals surface area contributed by atoms with Crippen LogP contribution < -0.4 is 10.6 Å². The number of anilines is 1. The van der Waals surface area contributed by atoms with Crippen LogP contribution in [0.3, 0.4) is 0 Å². The third-order valence-electron chi connectivity index (χ3n) is 4.08. The molecule has 0 atom stereocenters. The average Bonchev–Trinajstić information content (AvgIpc) is 3.26. The first-order valence-electron chi connectivity index (χ1n) is 7.64. The maximum absolute atomic E-state index is 12.6. The third-order valence-corrected chi connectivity index (χ3v) is 4.08. The number of nitrogens with zero attached hydrogens (tertiary/aromatic N) is 5. The molecule has 0 saturated carbocycles. The molecule has 0 bridgehead atoms. The molecule has 1 aliphatic rings. The Balaban J connectivity index is 0.00000182. The fourth-order valence-corrected chi connectivity index (χ4v) is 2.81. The van der Waals surface area contributed by atoms with Crippen molar-refractivity contribution in [3.63, 3.8) is 0 Å². The van der Waals surface area contributed by atoms with Crippen LogP contribution in [0.1, 0.15) is 27.3 Å². The van der Waals surface area contributed by atoms with Gasteiger partial charge in [-0.3, -0.25) is 9.89 Å². The van der Waals surface area contributed by atoms with E-state index in [9.17, 15) is 4.79 Å². The van der Waals surface area contributed by atoms with Gasteiger partial charge >= 0.3 is 0 Å². The lowest BCUT2D eigenvalue weighted by Crippen LogP contribution is -2.25. The zero-order valence-corrected chi connectivity index (χ0v) is 14.3. The summed E-state index contributed by atoms with van der Waals surface area (Å²) in [5, 5.41) is 24.5. The van der Waals surface area contributed by atoms with E-state index >= 15 is 0 Å². The van der Waals surface area contributed by atoms with Gasteiger partial charge in [0.1, 0.15) is 6.33 Å². The summed E-state index contributed by atoms with van der Waals surface area (Å²) < 4.78 is 1.56. The lowest BCUT2D eigenvalue weighted by molar-refractivity contribution is 0.102. The van der Waals surface area contributed by atoms with Gasteiger partial charge in [0.25, 0.3) is 5.91 Å². The maximum atomic E-state index is 12.6. The maximum Gasteiger partial charge on any atom is 0.276 e. The summed E-state index contributed by atoms with van der Waals surface area (Å²) in [6, 6.07) is 5.59. The van der Waals surface area contributed by atoms with E-state index in [1.54, 1.807) is 4.68 Å². The van der Waals surface area contributed by atoms with E-state index in [0.717, 1.165) is 35.5 Å². The molecule has 0 saturated heterocycles. The van der Waals surface area contributed by atoms with Gasteiger partial charge in [0.2, 0.25) is 0 Å². The summed E-state index contributed by atoms with van der Waals surface area (Å²) in [6.45, 7) is 3.50. The van der Waals surface area contributed by atoms with Crippen LogP contribution in [0.2, 0.25) is 0 Å². The van der Waals surface area contributed by atoms with E-state index in [1.165, 1.54) is 6.33 Å². The van der Waals surface area contributed by atoms with Gasteiger partial charge in [-0.05, 0) is 35.0 Å². The molecule has 3 N–H and O–H groups in total. The molecule has 9 nitrogen and oxygen atoms in total. The highest BCUT2D eigenvalue weighted by molar-refractivity contribution is 6.04. The molecule has 3 heterocycles. The minimum atomic E-state index is -0.234. The van der Waals surface area contributed by atoms with E-state index in [0.29, 0.717) is 17.9 Å². The number of hydrogen-bond donors (Lipinski definition) is 3. The van der Waals surface area contributed by atoms with Crippen molar-refractivity contribution in [1.82, 2.24) is 35.7 Å². The summed E-state index contributed by atoms with van der Waals surface area (Å²) in [5.41, 5.74) is 4.87. The van der Waals surface area contributed by atoms with Crippen LogP contribution in [0.4, 0.5) is 5.69 Å². The number of carbonyl (C=O) groups excluding carboxylic acids is 1. The minimum Gasteiger partial charge on any atom is -0.321 e. The first-order valence-corrected chi connectivity index (χ1v) is 7.64. The first kappa shape index (κ1) is 17.1. The van der Waals surface area contributed by atoms with Crippen molar-refractivity contribution in [1.29, 1.82) is 0 Å². The Morgan fingerprint density at radius 2 is 2.24 bits per heavy atom. The molecule has 1 aromatic carbocycles. The Hall–Kier alpha value is -2.78. The Morgan fingerprint density at radius 1 is 1.36 bits per heavy atom. The molecular formula is C15H17ClN8O. The highest BCUT2D eigenvalue weighted by Crippen LogP contribution is 2.20. The monoisotopic (exact) mass is 360 g/mol. The van der Waals surface area contributed by atoms with Gasteiger partial charge in [-0.15, -0.1) is 17.5 Å². The fraction of sp³-hybridized carbons (Fsp3) is 0.267. The highest BCUT2D eigenvalue weighted by Gasteiger charge is 2.21. The van der Waals surface area contributed by atoms with E-state index < -0.39 is 0 Å². The van der Waals surface area contributed by atoms with Gasteiger partial charge in [-0.2, -0.15) is 5.10 Å². The molecule has 3 aromatic rings. The Morgan fingerprint density at radius 3 is 3.04 bits per heavy atom. The van der Waals surface area contributed by atoms with Crippen LogP contribution in [-0.2, 0) is 13.0 Å². The molecule has 0 aliphatic carbocycles. The van der Waals surface area contributed by atoms with Crippen LogP contribution >= 0.6 is 12.4 Å². The van der Waals surface area contributed by atoms with Crippen LogP contribution in [0.25, 0.3) is 5.69 Å². The standard InChI is InChI=1S/C15H16N8O.ClH/c1-9-2-3-10(6-13(9)23-8-17-21-22-23)18-15(24)14-11-7-16-5-4-12(11)19-20-14;/h2-3,6,8,16H,4-5,7H2,1H3,(H,18,24)(H,19,20);1H. The van der Waals surface area contributed by atoms with Crippen molar-refractivity contribution in [2.24, 2.45) is 0 Å². The normalized spacial score (nSPS) is 13.0. The predicted octanol–water partition coefficient (Wildman–Crippen LogP) is 1.01. The number of aromatic amines is 1. The summed E-state index contributed by atoms with van der Waals surface area (Å²) in [6.07, 6.45) is 2.37. The van der Waals surface area contributed by atoms with Crippen LogP contribution in [-0.4, -0.2) is 42.9 Å². The Labute approximate surface area is 149 Å². The number of halogens is 1. The predicted molar refractivity (Wildman–Crippen MR) is 93.1 cm³/mol. The summed E-state index contributed by atoms with van der Waals surface area (Å²) in [7, 11) is 0. The van der Waals surface area contributed by atoms with Crippen molar-refractivity contribution in [2.75, 3.05) is 11.9 Å². The van der Waals surface area contributed by atoms with Crippen LogP contribution in [0, 0.1) is 6.92 Å².